The number of rotatable bonds is 28. The molecule has 252 valence electrons. The fourth-order valence-electron chi connectivity index (χ4n) is 4.34. The second-order valence-corrected chi connectivity index (χ2v) is 12.3. The van der Waals surface area contributed by atoms with E-state index in [1.54, 1.807) is 0 Å². The van der Waals surface area contributed by atoms with E-state index in [4.69, 9.17) is 36.8 Å². The molecule has 0 amide bonds. The average molecular weight is 627 g/mol. The average Bonchev–Trinajstić information content (AvgIpc) is 2.92. The number of aliphatic hydroxyl groups excluding tert-OH is 1. The highest BCUT2D eigenvalue weighted by atomic mass is 31.2. The molecule has 0 spiro atoms. The number of nitrogens with zero attached hydrogens (tertiary/aromatic N) is 1. The third-order valence-electron chi connectivity index (χ3n) is 6.82. The molecule has 0 aliphatic carbocycles. The summed E-state index contributed by atoms with van der Waals surface area (Å²) < 4.78 is 20.7. The highest BCUT2D eigenvalue weighted by Gasteiger charge is 2.17. The zero-order valence-electron chi connectivity index (χ0n) is 26.3. The zero-order chi connectivity index (χ0) is 32.1. The summed E-state index contributed by atoms with van der Waals surface area (Å²) in [6.07, 6.45) is 20.4. The van der Waals surface area contributed by atoms with Gasteiger partial charge in [-0.3, -0.25) is 14.3 Å². The molecule has 0 heterocycles. The van der Waals surface area contributed by atoms with Gasteiger partial charge < -0.3 is 41.9 Å². The maximum atomic E-state index is 10.7. The number of guanidine groups is 1. The number of phosphoric acid groups is 1. The maximum absolute atomic E-state index is 10.7. The predicted octanol–water partition coefficient (Wildman–Crippen LogP) is 4.82. The van der Waals surface area contributed by atoms with E-state index in [0.717, 1.165) is 12.8 Å². The van der Waals surface area contributed by atoms with Crippen molar-refractivity contribution >= 4 is 19.8 Å². The highest BCUT2D eigenvalue weighted by molar-refractivity contribution is 7.46. The Morgan fingerprint density at radius 2 is 1.24 bits per heavy atom. The third kappa shape index (κ3) is 34.9. The van der Waals surface area contributed by atoms with Gasteiger partial charge in [-0.25, -0.2) is 4.57 Å². The van der Waals surface area contributed by atoms with Crippen LogP contribution in [0.2, 0.25) is 0 Å². The molecule has 13 heteroatoms. The van der Waals surface area contributed by atoms with Crippen molar-refractivity contribution in [2.24, 2.45) is 28.1 Å². The van der Waals surface area contributed by atoms with Gasteiger partial charge >= 0.3 is 13.8 Å². The Morgan fingerprint density at radius 1 is 0.762 bits per heavy atom. The molecule has 2 unspecified atom stereocenters. The van der Waals surface area contributed by atoms with Crippen LogP contribution in [-0.4, -0.2) is 70.4 Å². The standard InChI is InChI=1S/C23H49O6P.C6H14N4O2/c1-3-5-7-9-11-12-14-16-18-22(17-15-13-10-8-6-4-2)19-28-20-23(24)21-29-30(25,26)27;7-4(5(11)12)2-1-3-10-6(8)9/h22-24H,3-21H2,1-2H3,(H2,25,26,27);4H,1-3,7H2,(H,11,12)(H4,8,9,10)/t;4-/m.0/s1. The monoisotopic (exact) mass is 626 g/mol. The largest absolute Gasteiger partial charge is 0.480 e. The van der Waals surface area contributed by atoms with Crippen LogP contribution >= 0.6 is 7.82 Å². The second kappa shape index (κ2) is 29.8. The van der Waals surface area contributed by atoms with Crippen LogP contribution in [0.25, 0.3) is 0 Å². The number of hydrogen-bond donors (Lipinski definition) is 7. The van der Waals surface area contributed by atoms with Crippen molar-refractivity contribution in [3.63, 3.8) is 0 Å². The SMILES string of the molecule is CCCCCCCCCCC(CCCCCCCC)COCC(O)COP(=O)(O)O.NC(N)=NCCC[C@H](N)C(=O)O. The molecule has 0 bridgehead atoms. The molecule has 0 saturated heterocycles. The molecule has 0 aliphatic heterocycles. The van der Waals surface area contributed by atoms with Gasteiger partial charge in [0.1, 0.15) is 12.1 Å². The summed E-state index contributed by atoms with van der Waals surface area (Å²) in [5, 5.41) is 18.1. The molecule has 0 aromatic heterocycles. The molecular formula is C29H63N4O8P. The molecule has 42 heavy (non-hydrogen) atoms. The summed E-state index contributed by atoms with van der Waals surface area (Å²) in [6, 6.07) is -0.820. The predicted molar refractivity (Wildman–Crippen MR) is 169 cm³/mol. The first-order valence-corrected chi connectivity index (χ1v) is 17.5. The van der Waals surface area contributed by atoms with Gasteiger partial charge in [-0.1, -0.05) is 104 Å². The molecule has 0 fully saturated rings. The van der Waals surface area contributed by atoms with Crippen molar-refractivity contribution < 1.29 is 38.6 Å². The van der Waals surface area contributed by atoms with Crippen molar-refractivity contribution in [3.8, 4) is 0 Å². The van der Waals surface area contributed by atoms with Crippen LogP contribution < -0.4 is 17.2 Å². The first-order valence-electron chi connectivity index (χ1n) is 15.9. The lowest BCUT2D eigenvalue weighted by Gasteiger charge is -2.19. The van der Waals surface area contributed by atoms with Crippen molar-refractivity contribution in [2.75, 3.05) is 26.4 Å². The maximum Gasteiger partial charge on any atom is 0.469 e. The van der Waals surface area contributed by atoms with Crippen molar-refractivity contribution in [2.45, 2.75) is 142 Å². The lowest BCUT2D eigenvalue weighted by atomic mass is 9.94. The molecule has 0 saturated carbocycles. The van der Waals surface area contributed by atoms with E-state index in [-0.39, 0.29) is 12.6 Å². The second-order valence-electron chi connectivity index (χ2n) is 11.1. The van der Waals surface area contributed by atoms with Gasteiger partial charge in [-0.05, 0) is 31.6 Å². The Hall–Kier alpha value is -1.27. The molecular weight excluding hydrogens is 563 g/mol. The van der Waals surface area contributed by atoms with E-state index in [0.29, 0.717) is 31.9 Å². The Labute approximate surface area is 254 Å². The van der Waals surface area contributed by atoms with Gasteiger partial charge in [-0.15, -0.1) is 0 Å². The summed E-state index contributed by atoms with van der Waals surface area (Å²) in [7, 11) is -4.54. The number of nitrogens with two attached hydrogens (primary N) is 3. The van der Waals surface area contributed by atoms with Crippen LogP contribution in [0, 0.1) is 5.92 Å². The van der Waals surface area contributed by atoms with Gasteiger partial charge in [0.25, 0.3) is 0 Å². The summed E-state index contributed by atoms with van der Waals surface area (Å²) in [5.74, 6) is -0.496. The van der Waals surface area contributed by atoms with E-state index in [1.807, 2.05) is 0 Å². The van der Waals surface area contributed by atoms with E-state index in [9.17, 15) is 14.5 Å². The normalized spacial score (nSPS) is 13.6. The van der Waals surface area contributed by atoms with Crippen LogP contribution in [-0.2, 0) is 18.6 Å². The number of phosphoric ester groups is 1. The minimum Gasteiger partial charge on any atom is -0.480 e. The summed E-state index contributed by atoms with van der Waals surface area (Å²) in [4.78, 5) is 31.3. The molecule has 0 rings (SSSR count). The van der Waals surface area contributed by atoms with Crippen molar-refractivity contribution in [1.82, 2.24) is 0 Å². The first kappa shape index (κ1) is 42.9. The van der Waals surface area contributed by atoms with Crippen molar-refractivity contribution in [1.29, 1.82) is 0 Å². The quantitative estimate of drug-likeness (QED) is 0.0270. The molecule has 0 aromatic carbocycles. The molecule has 12 nitrogen and oxygen atoms in total. The Balaban J connectivity index is 0. The number of aliphatic carboxylic acids is 1. The smallest absolute Gasteiger partial charge is 0.469 e. The molecule has 3 atom stereocenters. The Bertz CT molecular complexity index is 693. The van der Waals surface area contributed by atoms with Crippen LogP contribution in [0.15, 0.2) is 4.99 Å². The Kier molecular flexibility index (Phi) is 30.4. The van der Waals surface area contributed by atoms with Gasteiger partial charge in [-0.2, -0.15) is 0 Å². The summed E-state index contributed by atoms with van der Waals surface area (Å²) in [6.45, 7) is 5.13. The number of carbonyl (C=O) groups is 1. The fourth-order valence-corrected chi connectivity index (χ4v) is 4.70. The minimum atomic E-state index is -4.54. The number of unbranched alkanes of at least 4 members (excludes halogenated alkanes) is 12. The van der Waals surface area contributed by atoms with E-state index < -0.39 is 32.5 Å². The minimum absolute atomic E-state index is 0.0129. The van der Waals surface area contributed by atoms with Gasteiger partial charge in [0, 0.05) is 13.2 Å². The van der Waals surface area contributed by atoms with Gasteiger partial charge in [0.2, 0.25) is 0 Å². The van der Waals surface area contributed by atoms with Gasteiger partial charge in [0.05, 0.1) is 13.2 Å². The highest BCUT2D eigenvalue weighted by Crippen LogP contribution is 2.35. The lowest BCUT2D eigenvalue weighted by Crippen LogP contribution is -2.30. The number of carboxylic acids is 1. The van der Waals surface area contributed by atoms with E-state index in [1.165, 1.54) is 89.9 Å². The van der Waals surface area contributed by atoms with Gasteiger partial charge in [0.15, 0.2) is 5.96 Å². The number of carboxylic acid groups (broad SMARTS) is 1. The fraction of sp³-hybridized carbons (Fsp3) is 0.931. The molecule has 0 aromatic rings. The van der Waals surface area contributed by atoms with E-state index >= 15 is 0 Å². The number of aliphatic imine (C=N–C) groups is 1. The van der Waals surface area contributed by atoms with E-state index in [2.05, 4.69) is 23.4 Å². The van der Waals surface area contributed by atoms with Crippen LogP contribution in [0.4, 0.5) is 0 Å². The number of ether oxygens (including phenoxy) is 1. The van der Waals surface area contributed by atoms with Crippen LogP contribution in [0.1, 0.15) is 129 Å². The molecule has 0 aliphatic rings. The van der Waals surface area contributed by atoms with Crippen LogP contribution in [0.3, 0.4) is 0 Å². The molecule has 0 radical (unpaired) electrons. The van der Waals surface area contributed by atoms with Crippen LogP contribution in [0.5, 0.6) is 0 Å². The Morgan fingerprint density at radius 3 is 1.67 bits per heavy atom. The third-order valence-corrected chi connectivity index (χ3v) is 7.30. The zero-order valence-corrected chi connectivity index (χ0v) is 27.2. The summed E-state index contributed by atoms with van der Waals surface area (Å²) in [5.41, 5.74) is 15.3. The van der Waals surface area contributed by atoms with Crippen molar-refractivity contribution in [3.05, 3.63) is 0 Å². The summed E-state index contributed by atoms with van der Waals surface area (Å²) >= 11 is 0. The number of hydrogen-bond acceptors (Lipinski definition) is 7. The first-order chi connectivity index (χ1) is 19.9. The lowest BCUT2D eigenvalue weighted by molar-refractivity contribution is -0.138. The topological polar surface area (TPSA) is 224 Å². The molecule has 10 N–H and O–H groups in total. The number of aliphatic hydroxyl groups is 1.